The molecule has 0 aliphatic heterocycles. The Kier molecular flexibility index (Phi) is 9.62. The lowest BCUT2D eigenvalue weighted by molar-refractivity contribution is -0.140. The van der Waals surface area contributed by atoms with Crippen molar-refractivity contribution in [1.82, 2.24) is 10.2 Å². The Labute approximate surface area is 232 Å². The number of amides is 2. The minimum absolute atomic E-state index is 0.00650. The summed E-state index contributed by atoms with van der Waals surface area (Å²) in [6.45, 7) is 4.51. The molecule has 3 aromatic rings. The molecule has 0 aliphatic carbocycles. The number of hydrogen-bond acceptors (Lipinski definition) is 4. The van der Waals surface area contributed by atoms with Crippen LogP contribution in [0.1, 0.15) is 35.6 Å². The number of likely N-dealkylation sites (N-methyl/N-ethyl adjacent to an activating group) is 1. The highest BCUT2D eigenvalue weighted by molar-refractivity contribution is 7.92. The molecule has 0 bridgehead atoms. The smallest absolute Gasteiger partial charge is 0.357 e. The van der Waals surface area contributed by atoms with Gasteiger partial charge in [-0.2, -0.15) is 13.2 Å². The van der Waals surface area contributed by atoms with Gasteiger partial charge >= 0.3 is 6.18 Å². The van der Waals surface area contributed by atoms with Gasteiger partial charge in [0, 0.05) is 13.6 Å². The summed E-state index contributed by atoms with van der Waals surface area (Å²) < 4.78 is 68.9. The second kappa shape index (κ2) is 12.5. The molecule has 0 saturated heterocycles. The first-order valence-corrected chi connectivity index (χ1v) is 14.0. The number of anilines is 1. The van der Waals surface area contributed by atoms with Gasteiger partial charge in [-0.05, 0) is 56.2 Å². The quantitative estimate of drug-likeness (QED) is 0.366. The molecule has 0 fully saturated rings. The van der Waals surface area contributed by atoms with Crippen molar-refractivity contribution in [2.75, 3.05) is 17.9 Å². The molecule has 11 heteroatoms. The van der Waals surface area contributed by atoms with Crippen molar-refractivity contribution >= 4 is 27.5 Å². The molecule has 0 radical (unpaired) electrons. The van der Waals surface area contributed by atoms with E-state index in [-0.39, 0.29) is 23.5 Å². The van der Waals surface area contributed by atoms with Crippen molar-refractivity contribution in [3.63, 3.8) is 0 Å². The molecule has 1 unspecified atom stereocenters. The summed E-state index contributed by atoms with van der Waals surface area (Å²) in [7, 11) is -3.05. The van der Waals surface area contributed by atoms with Crippen LogP contribution in [0.5, 0.6) is 0 Å². The predicted molar refractivity (Wildman–Crippen MR) is 147 cm³/mol. The van der Waals surface area contributed by atoms with E-state index in [9.17, 15) is 31.2 Å². The number of carbonyl (C=O) groups is 2. The largest absolute Gasteiger partial charge is 0.416 e. The van der Waals surface area contributed by atoms with Crippen LogP contribution in [-0.2, 0) is 32.3 Å². The van der Waals surface area contributed by atoms with Crippen LogP contribution in [0.2, 0.25) is 0 Å². The van der Waals surface area contributed by atoms with Crippen LogP contribution < -0.4 is 9.62 Å². The number of benzene rings is 3. The molecule has 3 rings (SSSR count). The maximum atomic E-state index is 13.9. The van der Waals surface area contributed by atoms with Gasteiger partial charge in [-0.3, -0.25) is 13.9 Å². The van der Waals surface area contributed by atoms with Crippen LogP contribution in [0.15, 0.2) is 77.7 Å². The molecule has 3 aromatic carbocycles. The first-order valence-electron chi connectivity index (χ1n) is 12.6. The monoisotopic (exact) mass is 575 g/mol. The third-order valence-corrected chi connectivity index (χ3v) is 8.21. The summed E-state index contributed by atoms with van der Waals surface area (Å²) in [4.78, 5) is 27.7. The van der Waals surface area contributed by atoms with E-state index >= 15 is 0 Å². The van der Waals surface area contributed by atoms with Crippen LogP contribution >= 0.6 is 0 Å². The predicted octanol–water partition coefficient (Wildman–Crippen LogP) is 5.07. The van der Waals surface area contributed by atoms with Crippen LogP contribution in [-0.4, -0.2) is 44.8 Å². The number of nitrogens with one attached hydrogen (secondary N) is 1. The molecule has 2 amide bonds. The van der Waals surface area contributed by atoms with Gasteiger partial charge in [0.15, 0.2) is 0 Å². The zero-order valence-electron chi connectivity index (χ0n) is 22.7. The van der Waals surface area contributed by atoms with Crippen molar-refractivity contribution < 1.29 is 31.2 Å². The number of hydrogen-bond donors (Lipinski definition) is 1. The van der Waals surface area contributed by atoms with Gasteiger partial charge in [0.2, 0.25) is 11.8 Å². The second-order valence-corrected chi connectivity index (χ2v) is 11.3. The van der Waals surface area contributed by atoms with Crippen LogP contribution in [0, 0.1) is 13.8 Å². The minimum Gasteiger partial charge on any atom is -0.357 e. The first kappa shape index (κ1) is 30.7. The van der Waals surface area contributed by atoms with Crippen LogP contribution in [0.3, 0.4) is 0 Å². The minimum atomic E-state index is -4.73. The summed E-state index contributed by atoms with van der Waals surface area (Å²) in [5, 5.41) is 2.53. The Balaban J connectivity index is 2.12. The molecule has 1 N–H and O–H groups in total. The molecule has 0 aromatic heterocycles. The molecule has 40 heavy (non-hydrogen) atoms. The number of halogens is 3. The highest BCUT2D eigenvalue weighted by atomic mass is 32.2. The van der Waals surface area contributed by atoms with Gasteiger partial charge < -0.3 is 10.2 Å². The zero-order valence-corrected chi connectivity index (χ0v) is 23.5. The number of alkyl halides is 3. The Bertz CT molecular complexity index is 1460. The number of nitrogens with zero attached hydrogens (tertiary/aromatic N) is 2. The van der Waals surface area contributed by atoms with Crippen LogP contribution in [0.25, 0.3) is 0 Å². The highest BCUT2D eigenvalue weighted by Crippen LogP contribution is 2.33. The molecular formula is C29H32F3N3O4S. The van der Waals surface area contributed by atoms with Crippen molar-refractivity contribution in [2.45, 2.75) is 50.9 Å². The van der Waals surface area contributed by atoms with Gasteiger partial charge in [0.1, 0.15) is 12.6 Å². The normalized spacial score (nSPS) is 12.5. The fraction of sp³-hybridized carbons (Fsp3) is 0.310. The number of sulfonamides is 1. The summed E-state index contributed by atoms with van der Waals surface area (Å²) >= 11 is 0. The topological polar surface area (TPSA) is 86.8 Å². The lowest BCUT2D eigenvalue weighted by Gasteiger charge is -2.33. The Hall–Kier alpha value is -3.86. The van der Waals surface area contributed by atoms with Gasteiger partial charge in [-0.15, -0.1) is 0 Å². The van der Waals surface area contributed by atoms with E-state index in [2.05, 4.69) is 5.32 Å². The number of rotatable bonds is 10. The van der Waals surface area contributed by atoms with E-state index in [1.165, 1.54) is 30.1 Å². The van der Waals surface area contributed by atoms with E-state index in [1.54, 1.807) is 38.1 Å². The summed E-state index contributed by atoms with van der Waals surface area (Å²) in [5.74, 6) is -1.19. The second-order valence-electron chi connectivity index (χ2n) is 9.42. The van der Waals surface area contributed by atoms with Crippen LogP contribution in [0.4, 0.5) is 18.9 Å². The van der Waals surface area contributed by atoms with E-state index in [1.807, 2.05) is 19.1 Å². The molecule has 214 valence electrons. The summed E-state index contributed by atoms with van der Waals surface area (Å²) in [5.41, 5.74) is 1.02. The van der Waals surface area contributed by atoms with Crippen molar-refractivity contribution in [1.29, 1.82) is 0 Å². The molecule has 0 saturated carbocycles. The van der Waals surface area contributed by atoms with E-state index in [0.29, 0.717) is 15.9 Å². The molecule has 7 nitrogen and oxygen atoms in total. The van der Waals surface area contributed by atoms with Crippen molar-refractivity contribution in [2.24, 2.45) is 0 Å². The Morgan fingerprint density at radius 1 is 0.925 bits per heavy atom. The lowest BCUT2D eigenvalue weighted by Crippen LogP contribution is -2.51. The van der Waals surface area contributed by atoms with Gasteiger partial charge in [0.25, 0.3) is 10.0 Å². The summed E-state index contributed by atoms with van der Waals surface area (Å²) in [6, 6.07) is 15.9. The molecular weight excluding hydrogens is 543 g/mol. The lowest BCUT2D eigenvalue weighted by atomic mass is 10.1. The maximum Gasteiger partial charge on any atom is 0.416 e. The van der Waals surface area contributed by atoms with Gasteiger partial charge in [-0.25, -0.2) is 8.42 Å². The van der Waals surface area contributed by atoms with E-state index in [4.69, 9.17) is 0 Å². The van der Waals surface area contributed by atoms with Crippen molar-refractivity contribution in [3.8, 4) is 0 Å². The standard InChI is InChI=1S/C29H32F3N3O4S/c1-5-26(28(37)33-4)34(18-22-9-6-8-21(3)16-22)27(36)19-35(24-11-7-10-23(17-24)29(30,31)32)40(38,39)25-14-12-20(2)13-15-25/h6-17,26H,5,18-19H2,1-4H3,(H,33,37). The fourth-order valence-electron chi connectivity index (χ4n) is 4.30. The molecule has 0 aliphatic rings. The van der Waals surface area contributed by atoms with E-state index < -0.39 is 46.2 Å². The third-order valence-electron chi connectivity index (χ3n) is 6.42. The molecule has 0 spiro atoms. The van der Waals surface area contributed by atoms with E-state index in [0.717, 1.165) is 23.3 Å². The average Bonchev–Trinajstić information content (AvgIpc) is 2.91. The summed E-state index contributed by atoms with van der Waals surface area (Å²) in [6.07, 6.45) is -4.51. The number of aryl methyl sites for hydroxylation is 2. The zero-order chi connectivity index (χ0) is 29.7. The first-order chi connectivity index (χ1) is 18.8. The van der Waals surface area contributed by atoms with Crippen molar-refractivity contribution in [3.05, 3.63) is 95.1 Å². The average molecular weight is 576 g/mol. The Morgan fingerprint density at radius 2 is 1.57 bits per heavy atom. The van der Waals surface area contributed by atoms with Gasteiger partial charge in [0.05, 0.1) is 16.1 Å². The number of carbonyl (C=O) groups excluding carboxylic acids is 2. The SMILES string of the molecule is CCC(C(=O)NC)N(Cc1cccc(C)c1)C(=O)CN(c1cccc(C(F)(F)F)c1)S(=O)(=O)c1ccc(C)cc1. The van der Waals surface area contributed by atoms with Gasteiger partial charge in [-0.1, -0.05) is 60.5 Å². The Morgan fingerprint density at radius 3 is 2.15 bits per heavy atom. The maximum absolute atomic E-state index is 13.9. The third kappa shape index (κ3) is 7.20. The molecule has 1 atom stereocenters. The molecule has 0 heterocycles. The fourth-order valence-corrected chi connectivity index (χ4v) is 5.70. The highest BCUT2D eigenvalue weighted by Gasteiger charge is 2.35.